The van der Waals surface area contributed by atoms with Gasteiger partial charge in [-0.1, -0.05) is 105 Å². The molecule has 4 aromatic carbocycles. The lowest BCUT2D eigenvalue weighted by Gasteiger charge is -2.22. The van der Waals surface area contributed by atoms with Crippen LogP contribution in [0.3, 0.4) is 0 Å². The Morgan fingerprint density at radius 2 is 0.770 bits per heavy atom. The van der Waals surface area contributed by atoms with Crippen molar-refractivity contribution < 1.29 is 45.7 Å². The number of hydrogen-bond donors (Lipinski definition) is 4. The summed E-state index contributed by atoms with van der Waals surface area (Å²) in [6.45, 7) is 35.0. The molecule has 0 aliphatic rings. The smallest absolute Gasteiger partial charge is 0.444 e. The van der Waals surface area contributed by atoms with Crippen molar-refractivity contribution in [2.24, 2.45) is 11.5 Å². The molecule has 7 aromatic rings. The summed E-state index contributed by atoms with van der Waals surface area (Å²) in [6.07, 6.45) is -2.91. The number of nitrogens with one attached hydrogen (secondary N) is 2. The molecule has 0 bridgehead atoms. The van der Waals surface area contributed by atoms with Crippen molar-refractivity contribution in [2.75, 3.05) is 0 Å². The van der Waals surface area contributed by atoms with E-state index in [-0.39, 0.29) is 51.8 Å². The SMILES string of the molecule is CC(C)(C)OC(=O)OC(=O)OC(C)(C)C.C[C@H](N)c1ccc(Br)cc1.C[C@H](NC(=O)OC(C)(C)C)c1ccc(Br)cc1.Cc1cscn1.Cc1ncsc1-c1ccc([C@H](C)N)cc1.Cc1ncsc1-c1ccc([C@H](C)NC(=O)OC(C)(C)C)cc1.Cl.Cl.[HH].[HH]. The van der Waals surface area contributed by atoms with Crippen LogP contribution in [0, 0.1) is 20.8 Å². The van der Waals surface area contributed by atoms with Crippen LogP contribution in [-0.2, 0) is 23.7 Å². The molecular formula is C64H93Br2Cl2N7O9S3. The van der Waals surface area contributed by atoms with Crippen molar-refractivity contribution in [3.63, 3.8) is 0 Å². The van der Waals surface area contributed by atoms with E-state index in [4.69, 9.17) is 30.4 Å². The van der Waals surface area contributed by atoms with Gasteiger partial charge in [-0.15, -0.1) is 58.8 Å². The highest BCUT2D eigenvalue weighted by molar-refractivity contribution is 9.10. The van der Waals surface area contributed by atoms with Crippen molar-refractivity contribution >= 4 is 115 Å². The number of nitrogens with two attached hydrogens (primary N) is 2. The molecule has 7 rings (SSSR count). The molecule has 87 heavy (non-hydrogen) atoms. The van der Waals surface area contributed by atoms with Gasteiger partial charge in [0.25, 0.3) is 0 Å². The van der Waals surface area contributed by atoms with Crippen molar-refractivity contribution in [3.05, 3.63) is 167 Å². The highest BCUT2D eigenvalue weighted by Gasteiger charge is 2.25. The maximum Gasteiger partial charge on any atom is 0.519 e. The second-order valence-electron chi connectivity index (χ2n) is 23.4. The number of hydrogen-bond acceptors (Lipinski definition) is 17. The second kappa shape index (κ2) is 38.8. The molecule has 0 radical (unpaired) electrons. The molecule has 0 unspecified atom stereocenters. The molecule has 3 aromatic heterocycles. The average Bonchev–Trinajstić information content (AvgIpc) is 4.29. The second-order valence-corrected chi connectivity index (χ2v) is 27.6. The minimum Gasteiger partial charge on any atom is -0.444 e. The van der Waals surface area contributed by atoms with Crippen LogP contribution in [0.1, 0.15) is 177 Å². The van der Waals surface area contributed by atoms with Gasteiger partial charge < -0.3 is 45.8 Å². The maximum absolute atomic E-state index is 11.8. The fourth-order valence-electron chi connectivity index (χ4n) is 6.55. The zero-order valence-corrected chi connectivity index (χ0v) is 60.6. The van der Waals surface area contributed by atoms with Crippen LogP contribution in [0.25, 0.3) is 20.9 Å². The van der Waals surface area contributed by atoms with Gasteiger partial charge >= 0.3 is 24.5 Å². The average molecular weight is 1430 g/mol. The van der Waals surface area contributed by atoms with Gasteiger partial charge in [-0.2, -0.15) is 0 Å². The van der Waals surface area contributed by atoms with E-state index in [0.717, 1.165) is 42.7 Å². The monoisotopic (exact) mass is 1430 g/mol. The fraction of sp³-hybridized carbons (Fsp3) is 0.422. The molecule has 16 nitrogen and oxygen atoms in total. The lowest BCUT2D eigenvalue weighted by atomic mass is 10.1. The molecule has 2 amide bonds. The number of aromatic nitrogens is 3. The Kier molecular flexibility index (Phi) is 36.4. The first-order valence-corrected chi connectivity index (χ1v) is 31.6. The first-order chi connectivity index (χ1) is 39.3. The van der Waals surface area contributed by atoms with Gasteiger partial charge in [0.2, 0.25) is 0 Å². The van der Waals surface area contributed by atoms with Crippen molar-refractivity contribution in [3.8, 4) is 20.9 Å². The summed E-state index contributed by atoms with van der Waals surface area (Å²) in [7, 11) is 0. The third kappa shape index (κ3) is 35.9. The lowest BCUT2D eigenvalue weighted by molar-refractivity contribution is -0.0294. The van der Waals surface area contributed by atoms with Gasteiger partial charge in [0.1, 0.15) is 22.4 Å². The summed E-state index contributed by atoms with van der Waals surface area (Å²) < 4.78 is 26.4. The number of nitrogens with zero attached hydrogens (tertiary/aromatic N) is 3. The number of thiazole rings is 3. The van der Waals surface area contributed by atoms with Crippen molar-refractivity contribution in [2.45, 2.75) is 178 Å². The summed E-state index contributed by atoms with van der Waals surface area (Å²) in [5.41, 5.74) is 24.7. The standard InChI is InChI=1S/C17H22N2O2S.C13H18BrNO2.C12H14N2S.C10H18O5.C8H10BrN.C4H5NS.2ClH.2H2/c1-11(19-16(20)21-17(3,4)5)13-6-8-14(9-7-13)15-12(2)18-10-22-15;1-9(10-5-7-11(14)8-6-10)15-12(16)17-13(2,3)4;1-8(13)10-3-5-11(6-4-10)12-9(2)14-7-15-12;1-9(2,3)14-7(11)13-8(12)15-10(4,5)6;1-6(10)7-2-4-8(9)5-3-7;1-4-2-6-3-5-4;;;;/h6-11H,1-5H3,(H,19,20);5-9H,1-4H3,(H,15,16);3-8H,13H2,1-2H3;1-6H3;2-6H,10H2,1H3;2-3H,1H3;4*1H/t11-;9-;8-;;6-;;;;;/m000.0...../s1. The van der Waals surface area contributed by atoms with Crippen LogP contribution < -0.4 is 22.1 Å². The zero-order chi connectivity index (χ0) is 64.5. The predicted octanol–water partition coefficient (Wildman–Crippen LogP) is 20.0. The first kappa shape index (κ1) is 81.5. The van der Waals surface area contributed by atoms with E-state index in [1.165, 1.54) is 26.4 Å². The van der Waals surface area contributed by atoms with Crippen LogP contribution in [0.15, 0.2) is 128 Å². The largest absolute Gasteiger partial charge is 0.519 e. The number of amides is 2. The summed E-state index contributed by atoms with van der Waals surface area (Å²) >= 11 is 11.7. The van der Waals surface area contributed by atoms with E-state index in [1.54, 1.807) is 75.6 Å². The molecule has 0 aliphatic carbocycles. The molecule has 23 heteroatoms. The molecule has 0 saturated carbocycles. The van der Waals surface area contributed by atoms with E-state index in [2.05, 4.69) is 98.6 Å². The first-order valence-electron chi connectivity index (χ1n) is 27.3. The Morgan fingerprint density at radius 3 is 1.01 bits per heavy atom. The number of carbonyl (C=O) groups is 4. The molecule has 0 fully saturated rings. The maximum atomic E-state index is 11.8. The van der Waals surface area contributed by atoms with E-state index in [0.29, 0.717) is 0 Å². The van der Waals surface area contributed by atoms with Gasteiger partial charge in [-0.25, -0.2) is 29.1 Å². The number of aryl methyl sites for hydroxylation is 3. The number of benzene rings is 4. The highest BCUT2D eigenvalue weighted by Crippen LogP contribution is 2.30. The number of alkyl carbamates (subject to hydrolysis) is 2. The number of ether oxygens (including phenoxy) is 5. The Morgan fingerprint density at radius 1 is 0.471 bits per heavy atom. The number of carbonyl (C=O) groups excluding carboxylic acids is 4. The number of rotatable bonds is 8. The minimum atomic E-state index is -1.06. The molecule has 6 N–H and O–H groups in total. The van der Waals surface area contributed by atoms with Gasteiger partial charge in [-0.3, -0.25) is 4.98 Å². The summed E-state index contributed by atoms with van der Waals surface area (Å²) in [5.74, 6) is 0. The van der Waals surface area contributed by atoms with E-state index in [1.807, 2.05) is 173 Å². The molecule has 4 atom stereocenters. The van der Waals surface area contributed by atoms with Crippen LogP contribution in [0.4, 0.5) is 19.2 Å². The minimum absolute atomic E-state index is 0. The van der Waals surface area contributed by atoms with Gasteiger partial charge in [0, 0.05) is 35.0 Å². The summed E-state index contributed by atoms with van der Waals surface area (Å²) in [4.78, 5) is 60.3. The molecule has 0 spiro atoms. The molecule has 484 valence electrons. The van der Waals surface area contributed by atoms with Gasteiger partial charge in [-0.05, 0) is 189 Å². The third-order valence-electron chi connectivity index (χ3n) is 10.6. The van der Waals surface area contributed by atoms with Crippen LogP contribution in [-0.4, -0.2) is 61.9 Å². The fourth-order valence-corrected chi connectivity index (χ4v) is 9.25. The molecule has 3 heterocycles. The Labute approximate surface area is 560 Å². The molecular weight excluding hydrogens is 1340 g/mol. The molecule has 0 saturated heterocycles. The van der Waals surface area contributed by atoms with Crippen molar-refractivity contribution in [1.82, 2.24) is 25.6 Å². The number of halogens is 4. The van der Waals surface area contributed by atoms with Crippen LogP contribution >= 0.6 is 90.7 Å². The summed E-state index contributed by atoms with van der Waals surface area (Å²) in [5, 5.41) is 7.66. The van der Waals surface area contributed by atoms with Crippen LogP contribution in [0.2, 0.25) is 0 Å². The Balaban J connectivity index is -0.00000102. The predicted molar refractivity (Wildman–Crippen MR) is 373 cm³/mol. The zero-order valence-electron chi connectivity index (χ0n) is 53.3. The van der Waals surface area contributed by atoms with E-state index in [9.17, 15) is 19.2 Å². The van der Waals surface area contributed by atoms with E-state index < -0.39 is 46.9 Å². The Bertz CT molecular complexity index is 3070. The Hall–Kier alpha value is -5.49. The van der Waals surface area contributed by atoms with Gasteiger partial charge in [0.05, 0.1) is 49.8 Å². The third-order valence-corrected chi connectivity index (χ3v) is 14.3. The topological polar surface area (TPSA) is 229 Å². The van der Waals surface area contributed by atoms with Crippen LogP contribution in [0.5, 0.6) is 0 Å². The summed E-state index contributed by atoms with van der Waals surface area (Å²) in [6, 6.07) is 32.5. The normalized spacial score (nSPS) is 12.1. The van der Waals surface area contributed by atoms with Gasteiger partial charge in [0.15, 0.2) is 0 Å². The highest BCUT2D eigenvalue weighted by atomic mass is 79.9. The lowest BCUT2D eigenvalue weighted by Crippen LogP contribution is -2.34. The molecule has 0 aliphatic heterocycles. The quantitative estimate of drug-likeness (QED) is 0.0630. The van der Waals surface area contributed by atoms with Crippen molar-refractivity contribution in [1.29, 1.82) is 0 Å². The van der Waals surface area contributed by atoms with E-state index >= 15 is 0 Å².